The molecule has 2 atom stereocenters. The average molecular weight is 432 g/mol. The molecule has 3 aromatic rings. The Morgan fingerprint density at radius 2 is 1.88 bits per heavy atom. The Morgan fingerprint density at radius 1 is 1.09 bits per heavy atom. The summed E-state index contributed by atoms with van der Waals surface area (Å²) in [5, 5.41) is 17.8. The number of rotatable bonds is 4. The predicted octanol–water partition coefficient (Wildman–Crippen LogP) is 4.66. The maximum absolute atomic E-state index is 13.5. The normalized spacial score (nSPS) is 19.8. The number of ether oxygens (including phenoxy) is 2. The molecule has 0 spiro atoms. The van der Waals surface area contributed by atoms with E-state index in [0.717, 1.165) is 28.1 Å². The summed E-state index contributed by atoms with van der Waals surface area (Å²) < 4.78 is 16.5. The van der Waals surface area contributed by atoms with Crippen LogP contribution >= 0.6 is 0 Å². The van der Waals surface area contributed by atoms with Crippen molar-refractivity contribution in [2.24, 2.45) is 0 Å². The van der Waals surface area contributed by atoms with Crippen molar-refractivity contribution in [2.45, 2.75) is 31.6 Å². The summed E-state index contributed by atoms with van der Waals surface area (Å²) in [6, 6.07) is 12.9. The zero-order chi connectivity index (χ0) is 22.4. The molecule has 32 heavy (non-hydrogen) atoms. The fraction of sp³-hybridized carbons (Fsp3) is 0.280. The lowest BCUT2D eigenvalue weighted by Gasteiger charge is -2.34. The number of benzene rings is 2. The molecule has 2 N–H and O–H groups in total. The Morgan fingerprint density at radius 3 is 2.62 bits per heavy atom. The van der Waals surface area contributed by atoms with Crippen molar-refractivity contribution in [1.29, 1.82) is 0 Å². The van der Waals surface area contributed by atoms with E-state index in [9.17, 15) is 9.90 Å². The Labute approximate surface area is 185 Å². The van der Waals surface area contributed by atoms with Crippen molar-refractivity contribution < 1.29 is 23.9 Å². The molecule has 1 aliphatic carbocycles. The van der Waals surface area contributed by atoms with E-state index in [2.05, 4.69) is 10.5 Å². The molecule has 0 radical (unpaired) electrons. The molecule has 2 heterocycles. The molecule has 7 nitrogen and oxygen atoms in total. The first-order valence-corrected chi connectivity index (χ1v) is 10.5. The molecule has 5 rings (SSSR count). The fourth-order valence-electron chi connectivity index (χ4n) is 4.89. The number of ketones is 1. The standard InChI is InChI=1S/C25H24N2O5/c1-13-22-23(14-8-9-20(30-2)21(12-14)31-3)24-17(26-25(22)32-27-13)10-15(11-19(24)29)16-6-4-5-7-18(16)28/h4-9,12,15,23,26,28H,10-11H2,1-3H3/t15-,23+/m1/s1. The van der Waals surface area contributed by atoms with Gasteiger partial charge in [0.25, 0.3) is 0 Å². The maximum Gasteiger partial charge on any atom is 0.233 e. The van der Waals surface area contributed by atoms with E-state index in [1.54, 1.807) is 26.4 Å². The molecule has 0 unspecified atom stereocenters. The largest absolute Gasteiger partial charge is 0.508 e. The number of carbonyl (C=O) groups is 1. The van der Waals surface area contributed by atoms with Crippen LogP contribution in [0, 0.1) is 6.92 Å². The third-order valence-corrected chi connectivity index (χ3v) is 6.38. The van der Waals surface area contributed by atoms with Gasteiger partial charge in [-0.2, -0.15) is 0 Å². The minimum absolute atomic E-state index is 0.0398. The number of phenols is 1. The van der Waals surface area contributed by atoms with Crippen molar-refractivity contribution in [2.75, 3.05) is 19.5 Å². The van der Waals surface area contributed by atoms with Gasteiger partial charge in [0.15, 0.2) is 17.3 Å². The monoisotopic (exact) mass is 432 g/mol. The number of fused-ring (bicyclic) bond motifs is 1. The van der Waals surface area contributed by atoms with Crippen LogP contribution in [0.3, 0.4) is 0 Å². The van der Waals surface area contributed by atoms with Gasteiger partial charge in [0.05, 0.1) is 25.5 Å². The minimum atomic E-state index is -0.329. The first-order chi connectivity index (χ1) is 15.5. The number of Topliss-reactive ketones (excluding diaryl/α,β-unsaturated/α-hetero) is 1. The lowest BCUT2D eigenvalue weighted by atomic mass is 9.72. The molecule has 0 saturated heterocycles. The summed E-state index contributed by atoms with van der Waals surface area (Å²) in [6.45, 7) is 1.88. The van der Waals surface area contributed by atoms with Crippen LogP contribution in [-0.4, -0.2) is 30.3 Å². The fourth-order valence-corrected chi connectivity index (χ4v) is 4.89. The van der Waals surface area contributed by atoms with Gasteiger partial charge in [0, 0.05) is 29.5 Å². The first-order valence-electron chi connectivity index (χ1n) is 10.5. The number of anilines is 1. The highest BCUT2D eigenvalue weighted by Gasteiger charge is 2.41. The van der Waals surface area contributed by atoms with E-state index in [0.29, 0.717) is 35.8 Å². The van der Waals surface area contributed by atoms with Gasteiger partial charge < -0.3 is 24.4 Å². The molecule has 1 aromatic heterocycles. The van der Waals surface area contributed by atoms with Crippen LogP contribution < -0.4 is 14.8 Å². The number of para-hydroxylation sites is 1. The average Bonchev–Trinajstić information content (AvgIpc) is 3.17. The predicted molar refractivity (Wildman–Crippen MR) is 118 cm³/mol. The first kappa shape index (κ1) is 20.2. The molecule has 2 aromatic carbocycles. The summed E-state index contributed by atoms with van der Waals surface area (Å²) in [5.74, 6) is 1.56. The Kier molecular flexibility index (Phi) is 4.89. The van der Waals surface area contributed by atoms with Gasteiger partial charge in [0.2, 0.25) is 5.88 Å². The molecule has 2 aliphatic rings. The third-order valence-electron chi connectivity index (χ3n) is 6.38. The van der Waals surface area contributed by atoms with E-state index >= 15 is 0 Å². The maximum atomic E-state index is 13.5. The van der Waals surface area contributed by atoms with Gasteiger partial charge in [-0.15, -0.1) is 0 Å². The summed E-state index contributed by atoms with van der Waals surface area (Å²) in [5.41, 5.74) is 4.77. The van der Waals surface area contributed by atoms with Crippen molar-refractivity contribution in [3.63, 3.8) is 0 Å². The minimum Gasteiger partial charge on any atom is -0.508 e. The molecule has 0 saturated carbocycles. The zero-order valence-electron chi connectivity index (χ0n) is 18.1. The van der Waals surface area contributed by atoms with E-state index in [1.165, 1.54) is 0 Å². The number of methoxy groups -OCH3 is 2. The lowest BCUT2D eigenvalue weighted by Crippen LogP contribution is -2.29. The Balaban J connectivity index is 1.64. The van der Waals surface area contributed by atoms with E-state index in [1.807, 2.05) is 37.3 Å². The number of aromatic hydroxyl groups is 1. The molecule has 164 valence electrons. The van der Waals surface area contributed by atoms with Crippen molar-refractivity contribution in [3.8, 4) is 17.2 Å². The van der Waals surface area contributed by atoms with E-state index in [4.69, 9.17) is 14.0 Å². The van der Waals surface area contributed by atoms with Gasteiger partial charge in [-0.1, -0.05) is 29.4 Å². The quantitative estimate of drug-likeness (QED) is 0.619. The SMILES string of the molecule is COc1ccc([C@@H]2C3=C(C[C@@H](c4ccccc4O)CC3=O)Nc3onc(C)c32)cc1OC. The molecule has 0 bridgehead atoms. The number of nitrogens with zero attached hydrogens (tertiary/aromatic N) is 1. The molecular weight excluding hydrogens is 408 g/mol. The number of nitrogens with one attached hydrogen (secondary N) is 1. The number of carbonyl (C=O) groups excluding carboxylic acids is 1. The van der Waals surface area contributed by atoms with Crippen molar-refractivity contribution in [3.05, 3.63) is 76.1 Å². The summed E-state index contributed by atoms with van der Waals surface area (Å²) in [4.78, 5) is 13.5. The molecule has 1 aliphatic heterocycles. The highest BCUT2D eigenvalue weighted by atomic mass is 16.5. The second-order valence-corrected chi connectivity index (χ2v) is 8.16. The van der Waals surface area contributed by atoms with Gasteiger partial charge in [0.1, 0.15) is 5.75 Å². The second kappa shape index (κ2) is 7.75. The molecule has 0 fully saturated rings. The number of hydrogen-bond donors (Lipinski definition) is 2. The van der Waals surface area contributed by atoms with Crippen molar-refractivity contribution >= 4 is 11.7 Å². The number of allylic oxidation sites excluding steroid dienone is 2. The van der Waals surface area contributed by atoms with Gasteiger partial charge in [-0.3, -0.25) is 4.79 Å². The zero-order valence-corrected chi connectivity index (χ0v) is 18.1. The van der Waals surface area contributed by atoms with Crippen LogP contribution in [0.25, 0.3) is 0 Å². The van der Waals surface area contributed by atoms with Gasteiger partial charge in [-0.25, -0.2) is 0 Å². The van der Waals surface area contributed by atoms with Crippen LogP contribution in [0.1, 0.15) is 47.1 Å². The number of aromatic nitrogens is 1. The van der Waals surface area contributed by atoms with E-state index < -0.39 is 0 Å². The van der Waals surface area contributed by atoms with Crippen molar-refractivity contribution in [1.82, 2.24) is 5.16 Å². The molecule has 7 heteroatoms. The molecule has 0 amide bonds. The second-order valence-electron chi connectivity index (χ2n) is 8.16. The Hall–Kier alpha value is -3.74. The summed E-state index contributed by atoms with van der Waals surface area (Å²) >= 11 is 0. The smallest absolute Gasteiger partial charge is 0.233 e. The number of phenolic OH excluding ortho intramolecular Hbond substituents is 1. The Bertz CT molecular complexity index is 1240. The summed E-state index contributed by atoms with van der Waals surface area (Å²) in [6.07, 6.45) is 0.906. The van der Waals surface area contributed by atoms with Crippen LogP contribution in [0.2, 0.25) is 0 Å². The van der Waals surface area contributed by atoms with Crippen LogP contribution in [-0.2, 0) is 4.79 Å². The number of hydrogen-bond acceptors (Lipinski definition) is 7. The number of aryl methyl sites for hydroxylation is 1. The van der Waals surface area contributed by atoms with Crippen LogP contribution in [0.4, 0.5) is 5.88 Å². The highest BCUT2D eigenvalue weighted by molar-refractivity contribution is 6.01. The lowest BCUT2D eigenvalue weighted by molar-refractivity contribution is -0.116. The van der Waals surface area contributed by atoms with E-state index in [-0.39, 0.29) is 23.4 Å². The molecular formula is C25H24N2O5. The summed E-state index contributed by atoms with van der Waals surface area (Å²) in [7, 11) is 3.18. The van der Waals surface area contributed by atoms with Crippen LogP contribution in [0.5, 0.6) is 17.2 Å². The van der Waals surface area contributed by atoms with Gasteiger partial charge in [-0.05, 0) is 42.7 Å². The topological polar surface area (TPSA) is 93.8 Å². The highest BCUT2D eigenvalue weighted by Crippen LogP contribution is 2.50. The van der Waals surface area contributed by atoms with Crippen LogP contribution in [0.15, 0.2) is 58.3 Å². The third kappa shape index (κ3) is 3.12. The van der Waals surface area contributed by atoms with Gasteiger partial charge >= 0.3 is 0 Å².